The van der Waals surface area contributed by atoms with Crippen LogP contribution in [0, 0.1) is 0 Å². The Balaban J connectivity index is 1.27. The second-order valence-electron chi connectivity index (χ2n) is 12.9. The molecule has 0 aliphatic rings. The van der Waals surface area contributed by atoms with Crippen LogP contribution in [0.3, 0.4) is 0 Å². The highest BCUT2D eigenvalue weighted by molar-refractivity contribution is 6.23. The van der Waals surface area contributed by atoms with Gasteiger partial charge in [-0.2, -0.15) is 9.97 Å². The third kappa shape index (κ3) is 4.14. The van der Waals surface area contributed by atoms with E-state index in [2.05, 4.69) is 118 Å². The molecule has 0 fully saturated rings. The minimum Gasteiger partial charge on any atom is -0.456 e. The van der Waals surface area contributed by atoms with Crippen LogP contribution in [-0.4, -0.2) is 24.1 Å². The lowest BCUT2D eigenvalue weighted by Gasteiger charge is -2.13. The molecular weight excluding hydrogens is 627 g/mol. The summed E-state index contributed by atoms with van der Waals surface area (Å²) in [6.45, 7) is 0. The molecule has 0 bridgehead atoms. The van der Waals surface area contributed by atoms with Crippen molar-refractivity contribution in [3.8, 4) is 34.4 Å². The molecule has 0 radical (unpaired) electrons. The molecule has 0 aliphatic carbocycles. The van der Waals surface area contributed by atoms with Gasteiger partial charge in [-0.3, -0.25) is 4.57 Å². The first kappa shape index (κ1) is 27.9. The molecule has 0 spiro atoms. The lowest BCUT2D eigenvalue weighted by molar-refractivity contribution is 0.669. The predicted octanol–water partition coefficient (Wildman–Crippen LogP) is 11.3. The van der Waals surface area contributed by atoms with Gasteiger partial charge in [0.2, 0.25) is 5.95 Å². The summed E-state index contributed by atoms with van der Waals surface area (Å²) in [6.07, 6.45) is 0. The first-order valence-corrected chi connectivity index (χ1v) is 17.0. The van der Waals surface area contributed by atoms with Crippen LogP contribution in [0.4, 0.5) is 0 Å². The van der Waals surface area contributed by atoms with Crippen LogP contribution in [0.25, 0.3) is 100.0 Å². The van der Waals surface area contributed by atoms with Gasteiger partial charge in [0, 0.05) is 49.1 Å². The molecule has 0 aliphatic heterocycles. The molecule has 7 aromatic carbocycles. The zero-order chi connectivity index (χ0) is 33.5. The second-order valence-corrected chi connectivity index (χ2v) is 12.9. The zero-order valence-electron chi connectivity index (χ0n) is 27.2. The van der Waals surface area contributed by atoms with Crippen molar-refractivity contribution >= 4 is 65.6 Å². The summed E-state index contributed by atoms with van der Waals surface area (Å²) < 4.78 is 10.9. The number of nitrogens with zero attached hydrogens (tertiary/aromatic N) is 5. The van der Waals surface area contributed by atoms with E-state index in [1.165, 1.54) is 10.8 Å². The minimum absolute atomic E-state index is 0.548. The maximum atomic E-state index is 6.30. The molecule has 51 heavy (non-hydrogen) atoms. The summed E-state index contributed by atoms with van der Waals surface area (Å²) in [5.41, 5.74) is 8.81. The van der Waals surface area contributed by atoms with Gasteiger partial charge in [0.05, 0.1) is 22.1 Å². The smallest absolute Gasteiger partial charge is 0.238 e. The number of fused-ring (bicyclic) bond motifs is 10. The van der Waals surface area contributed by atoms with Gasteiger partial charge in [0.25, 0.3) is 0 Å². The van der Waals surface area contributed by atoms with Crippen molar-refractivity contribution in [2.75, 3.05) is 0 Å². The topological polar surface area (TPSA) is 61.7 Å². The molecule has 6 nitrogen and oxygen atoms in total. The lowest BCUT2D eigenvalue weighted by Crippen LogP contribution is -2.07. The first-order chi connectivity index (χ1) is 25.3. The Hall–Kier alpha value is -7.05. The fourth-order valence-corrected chi connectivity index (χ4v) is 7.73. The molecule has 0 amide bonds. The van der Waals surface area contributed by atoms with Crippen LogP contribution in [-0.2, 0) is 0 Å². The van der Waals surface area contributed by atoms with E-state index in [1.54, 1.807) is 0 Å². The molecule has 4 heterocycles. The summed E-state index contributed by atoms with van der Waals surface area (Å²) in [7, 11) is 0. The summed E-state index contributed by atoms with van der Waals surface area (Å²) in [4.78, 5) is 15.6. The van der Waals surface area contributed by atoms with Crippen LogP contribution >= 0.6 is 0 Å². The molecule has 0 atom stereocenters. The zero-order valence-corrected chi connectivity index (χ0v) is 27.2. The summed E-state index contributed by atoms with van der Waals surface area (Å²) in [6, 6.07) is 56.7. The Morgan fingerprint density at radius 1 is 0.373 bits per heavy atom. The molecule has 4 aromatic heterocycles. The SMILES string of the molecule is c1ccc(-c2nc(-c3ccc4c(c3)oc3ccccc34)nc(-n3c4ccccc4c4ccc5c6ccccc6n(-c6ccccc6)c5c43)n2)cc1. The molecule has 6 heteroatoms. The first-order valence-electron chi connectivity index (χ1n) is 17.0. The standard InChI is InChI=1S/C45H27N5O/c1-3-13-28(14-4-1)43-46-44(29-23-24-34-33-19-9-12-22-39(33)51-40(34)27-29)48-45(47-43)50-38-21-11-8-18-32(38)36-26-25-35-31-17-7-10-20-37(31)49(41(35)42(36)50)30-15-5-2-6-16-30/h1-27H. The number of rotatable bonds is 4. The fraction of sp³-hybridized carbons (Fsp3) is 0. The molecule has 11 aromatic rings. The molecule has 11 rings (SSSR count). The van der Waals surface area contributed by atoms with Crippen molar-refractivity contribution < 1.29 is 4.42 Å². The largest absolute Gasteiger partial charge is 0.456 e. The predicted molar refractivity (Wildman–Crippen MR) is 207 cm³/mol. The van der Waals surface area contributed by atoms with E-state index in [1.807, 2.05) is 54.6 Å². The van der Waals surface area contributed by atoms with Gasteiger partial charge in [0.1, 0.15) is 11.2 Å². The van der Waals surface area contributed by atoms with Crippen molar-refractivity contribution in [1.29, 1.82) is 0 Å². The number of para-hydroxylation sites is 4. The van der Waals surface area contributed by atoms with E-state index in [4.69, 9.17) is 19.4 Å². The van der Waals surface area contributed by atoms with Crippen molar-refractivity contribution in [2.24, 2.45) is 0 Å². The average molecular weight is 654 g/mol. The Morgan fingerprint density at radius 2 is 0.902 bits per heavy atom. The number of aromatic nitrogens is 5. The monoisotopic (exact) mass is 653 g/mol. The third-order valence-corrected chi connectivity index (χ3v) is 9.98. The van der Waals surface area contributed by atoms with Crippen LogP contribution in [0.15, 0.2) is 168 Å². The van der Waals surface area contributed by atoms with E-state index in [0.717, 1.165) is 71.6 Å². The minimum atomic E-state index is 0.548. The number of furan rings is 1. The van der Waals surface area contributed by atoms with Crippen LogP contribution in [0.2, 0.25) is 0 Å². The molecule has 0 unspecified atom stereocenters. The highest BCUT2D eigenvalue weighted by Gasteiger charge is 2.23. The van der Waals surface area contributed by atoms with Crippen LogP contribution in [0.5, 0.6) is 0 Å². The van der Waals surface area contributed by atoms with E-state index >= 15 is 0 Å². The van der Waals surface area contributed by atoms with Crippen LogP contribution < -0.4 is 0 Å². The summed E-state index contributed by atoms with van der Waals surface area (Å²) in [5, 5.41) is 6.76. The highest BCUT2D eigenvalue weighted by Crippen LogP contribution is 2.41. The number of benzene rings is 7. The van der Waals surface area contributed by atoms with Gasteiger partial charge in [-0.25, -0.2) is 4.98 Å². The van der Waals surface area contributed by atoms with Crippen molar-refractivity contribution in [2.45, 2.75) is 0 Å². The van der Waals surface area contributed by atoms with Crippen molar-refractivity contribution in [1.82, 2.24) is 24.1 Å². The van der Waals surface area contributed by atoms with Gasteiger partial charge >= 0.3 is 0 Å². The Kier molecular flexibility index (Phi) is 5.86. The highest BCUT2D eigenvalue weighted by atomic mass is 16.3. The van der Waals surface area contributed by atoms with Gasteiger partial charge in [0.15, 0.2) is 11.6 Å². The normalized spacial score (nSPS) is 11.9. The fourth-order valence-electron chi connectivity index (χ4n) is 7.73. The lowest BCUT2D eigenvalue weighted by atomic mass is 10.1. The quantitative estimate of drug-likeness (QED) is 0.190. The van der Waals surface area contributed by atoms with Crippen LogP contribution in [0.1, 0.15) is 0 Å². The summed E-state index contributed by atoms with van der Waals surface area (Å²) >= 11 is 0. The second kappa shape index (κ2) is 10.7. The maximum absolute atomic E-state index is 6.30. The summed E-state index contributed by atoms with van der Waals surface area (Å²) in [5.74, 6) is 1.72. The Labute approximate surface area is 291 Å². The molecular formula is C45H27N5O. The van der Waals surface area contributed by atoms with E-state index < -0.39 is 0 Å². The average Bonchev–Trinajstić information content (AvgIpc) is 3.86. The Morgan fingerprint density at radius 3 is 1.63 bits per heavy atom. The number of hydrogen-bond acceptors (Lipinski definition) is 4. The number of hydrogen-bond donors (Lipinski definition) is 0. The molecule has 238 valence electrons. The molecule has 0 saturated heterocycles. The maximum Gasteiger partial charge on any atom is 0.238 e. The van der Waals surface area contributed by atoms with E-state index in [-0.39, 0.29) is 0 Å². The van der Waals surface area contributed by atoms with Gasteiger partial charge in [-0.1, -0.05) is 121 Å². The van der Waals surface area contributed by atoms with Gasteiger partial charge in [-0.05, 0) is 42.5 Å². The molecule has 0 N–H and O–H groups in total. The van der Waals surface area contributed by atoms with Crippen molar-refractivity contribution in [3.05, 3.63) is 164 Å². The van der Waals surface area contributed by atoms with Gasteiger partial charge < -0.3 is 8.98 Å². The van der Waals surface area contributed by atoms with E-state index in [0.29, 0.717) is 17.6 Å². The van der Waals surface area contributed by atoms with Gasteiger partial charge in [-0.15, -0.1) is 0 Å². The third-order valence-electron chi connectivity index (χ3n) is 9.98. The van der Waals surface area contributed by atoms with Crippen molar-refractivity contribution in [3.63, 3.8) is 0 Å². The Bertz CT molecular complexity index is 3140. The molecule has 0 saturated carbocycles. The van der Waals surface area contributed by atoms with E-state index in [9.17, 15) is 0 Å².